The second-order valence-electron chi connectivity index (χ2n) is 6.90. The Kier molecular flexibility index (Phi) is 7.40. The van der Waals surface area contributed by atoms with Gasteiger partial charge in [0, 0.05) is 15.7 Å². The summed E-state index contributed by atoms with van der Waals surface area (Å²) in [6.07, 6.45) is 0. The number of halogens is 1. The first-order chi connectivity index (χ1) is 16.5. The van der Waals surface area contributed by atoms with E-state index in [0.29, 0.717) is 27.9 Å². The molecule has 2 aromatic heterocycles. The van der Waals surface area contributed by atoms with Crippen LogP contribution >= 0.6 is 23.4 Å². The van der Waals surface area contributed by atoms with Gasteiger partial charge in [0.1, 0.15) is 12.4 Å². The van der Waals surface area contributed by atoms with Crippen LogP contribution in [0.15, 0.2) is 69.2 Å². The molecule has 1 amide bonds. The van der Waals surface area contributed by atoms with Gasteiger partial charge in [-0.05, 0) is 53.6 Å². The third-order valence-corrected chi connectivity index (χ3v) is 5.68. The van der Waals surface area contributed by atoms with E-state index in [4.69, 9.17) is 22.1 Å². The molecule has 0 unspecified atom stereocenters. The van der Waals surface area contributed by atoms with Gasteiger partial charge in [-0.2, -0.15) is 9.78 Å². The monoisotopic (exact) mass is 498 g/mol. The fraction of sp³-hybridized carbons (Fsp3) is 0.143. The van der Waals surface area contributed by atoms with Crippen molar-refractivity contribution < 1.29 is 14.2 Å². The summed E-state index contributed by atoms with van der Waals surface area (Å²) in [5.74, 6) is 0.623. The fourth-order valence-corrected chi connectivity index (χ4v) is 3.75. The predicted molar refractivity (Wildman–Crippen MR) is 127 cm³/mol. The Labute approximate surface area is 203 Å². The number of amides is 1. The quantitative estimate of drug-likeness (QED) is 0.201. The van der Waals surface area contributed by atoms with Crippen LogP contribution in [0.2, 0.25) is 5.02 Å². The van der Waals surface area contributed by atoms with Crippen LogP contribution in [-0.2, 0) is 5.75 Å². The number of thioether (sulfide) groups is 1. The molecule has 4 aromatic rings. The van der Waals surface area contributed by atoms with Crippen molar-refractivity contribution in [1.82, 2.24) is 30.7 Å². The highest BCUT2D eigenvalue weighted by molar-refractivity contribution is 7.98. The fourth-order valence-electron chi connectivity index (χ4n) is 2.73. The molecule has 2 heterocycles. The smallest absolute Gasteiger partial charge is 0.293 e. The van der Waals surface area contributed by atoms with Gasteiger partial charge in [0.2, 0.25) is 11.6 Å². The summed E-state index contributed by atoms with van der Waals surface area (Å²) in [6, 6.07) is 16.6. The Bertz CT molecular complexity index is 1290. The second-order valence-corrected chi connectivity index (χ2v) is 8.39. The molecule has 3 N–H and O–H groups in total. The first-order valence-corrected chi connectivity index (χ1v) is 11.3. The lowest BCUT2D eigenvalue weighted by molar-refractivity contribution is 0.0949. The molecule has 13 heteroatoms. The van der Waals surface area contributed by atoms with E-state index in [1.165, 1.54) is 16.4 Å². The number of aromatic nitrogens is 5. The predicted octanol–water partition coefficient (Wildman–Crippen LogP) is 3.36. The summed E-state index contributed by atoms with van der Waals surface area (Å²) in [7, 11) is 0. The minimum absolute atomic E-state index is 0.0153. The van der Waals surface area contributed by atoms with Gasteiger partial charge in [-0.1, -0.05) is 35.0 Å². The highest BCUT2D eigenvalue weighted by Gasteiger charge is 2.24. The van der Waals surface area contributed by atoms with E-state index in [-0.39, 0.29) is 23.9 Å². The molecular weight excluding hydrogens is 480 g/mol. The molecule has 34 heavy (non-hydrogen) atoms. The van der Waals surface area contributed by atoms with Gasteiger partial charge >= 0.3 is 0 Å². The lowest BCUT2D eigenvalue weighted by Gasteiger charge is -2.07. The zero-order chi connectivity index (χ0) is 23.9. The first kappa shape index (κ1) is 23.3. The summed E-state index contributed by atoms with van der Waals surface area (Å²) in [4.78, 5) is 13.8. The number of carbonyl (C=O) groups excluding carboxylic acids is 1. The Hall–Kier alpha value is -3.90. The van der Waals surface area contributed by atoms with Crippen molar-refractivity contribution in [2.24, 2.45) is 5.10 Å². The number of nitrogens with zero attached hydrogens (tertiary/aromatic N) is 6. The van der Waals surface area contributed by atoms with Crippen LogP contribution in [0.3, 0.4) is 0 Å². The molecule has 0 aliphatic heterocycles. The third-order valence-electron chi connectivity index (χ3n) is 4.40. The van der Waals surface area contributed by atoms with Crippen LogP contribution in [-0.4, -0.2) is 43.5 Å². The number of ether oxygens (including phenoxy) is 1. The standard InChI is InChI=1S/C21H19ClN8O3S/c1-13(11-32-15-5-3-2-4-6-15)24-26-21(31)18-17(12-34-16-9-7-14(22)8-10-16)30(29-25-18)20-19(23)27-33-28-20/h2-10H,11-12H2,1H3,(H2,23,27)(H,26,31). The molecule has 0 aliphatic rings. The number of para-hydroxylation sites is 1. The van der Waals surface area contributed by atoms with Gasteiger partial charge < -0.3 is 10.5 Å². The molecule has 0 fully saturated rings. The van der Waals surface area contributed by atoms with E-state index in [2.05, 4.69) is 35.8 Å². The van der Waals surface area contributed by atoms with Crippen molar-refractivity contribution in [3.05, 3.63) is 71.0 Å². The van der Waals surface area contributed by atoms with Gasteiger partial charge in [0.25, 0.3) is 5.91 Å². The van der Waals surface area contributed by atoms with E-state index in [1.807, 2.05) is 42.5 Å². The zero-order valence-electron chi connectivity index (χ0n) is 17.9. The molecule has 2 aromatic carbocycles. The Balaban J connectivity index is 1.50. The molecule has 0 radical (unpaired) electrons. The molecule has 0 spiro atoms. The van der Waals surface area contributed by atoms with E-state index in [0.717, 1.165) is 4.90 Å². The maximum Gasteiger partial charge on any atom is 0.293 e. The summed E-state index contributed by atoms with van der Waals surface area (Å²) in [5.41, 5.74) is 9.37. The number of anilines is 1. The minimum atomic E-state index is -0.549. The number of hydrazone groups is 1. The molecule has 0 aliphatic carbocycles. The maximum absolute atomic E-state index is 12.9. The minimum Gasteiger partial charge on any atom is -0.488 e. The van der Waals surface area contributed by atoms with Crippen LogP contribution in [0.1, 0.15) is 23.1 Å². The van der Waals surface area contributed by atoms with E-state index in [1.54, 1.807) is 19.1 Å². The van der Waals surface area contributed by atoms with E-state index >= 15 is 0 Å². The molecule has 0 saturated carbocycles. The van der Waals surface area contributed by atoms with Gasteiger partial charge in [0.15, 0.2) is 5.69 Å². The molecule has 174 valence electrons. The average Bonchev–Trinajstić information content (AvgIpc) is 3.47. The van der Waals surface area contributed by atoms with Gasteiger partial charge in [-0.3, -0.25) is 4.79 Å². The number of benzene rings is 2. The zero-order valence-corrected chi connectivity index (χ0v) is 19.5. The summed E-state index contributed by atoms with van der Waals surface area (Å²) in [6.45, 7) is 1.94. The Morgan fingerprint density at radius 1 is 1.21 bits per heavy atom. The highest BCUT2D eigenvalue weighted by Crippen LogP contribution is 2.27. The molecule has 0 bridgehead atoms. The van der Waals surface area contributed by atoms with Crippen molar-refractivity contribution >= 4 is 40.8 Å². The lowest BCUT2D eigenvalue weighted by atomic mass is 10.3. The summed E-state index contributed by atoms with van der Waals surface area (Å²) in [5, 5.41) is 20.1. The van der Waals surface area contributed by atoms with Crippen LogP contribution in [0.4, 0.5) is 5.82 Å². The number of hydrogen-bond acceptors (Lipinski definition) is 10. The van der Waals surface area contributed by atoms with Crippen LogP contribution < -0.4 is 15.9 Å². The first-order valence-electron chi connectivity index (χ1n) is 9.94. The van der Waals surface area contributed by atoms with Crippen molar-refractivity contribution in [2.45, 2.75) is 17.6 Å². The van der Waals surface area contributed by atoms with Crippen LogP contribution in [0.5, 0.6) is 5.75 Å². The second kappa shape index (κ2) is 10.8. The normalized spacial score (nSPS) is 11.4. The Morgan fingerprint density at radius 3 is 2.68 bits per heavy atom. The number of carbonyl (C=O) groups is 1. The van der Waals surface area contributed by atoms with E-state index < -0.39 is 5.91 Å². The summed E-state index contributed by atoms with van der Waals surface area (Å²) < 4.78 is 11.6. The third kappa shape index (κ3) is 5.71. The van der Waals surface area contributed by atoms with Crippen molar-refractivity contribution in [2.75, 3.05) is 12.3 Å². The molecular formula is C21H19ClN8O3S. The molecule has 0 atom stereocenters. The topological polar surface area (TPSA) is 146 Å². The molecule has 4 rings (SSSR count). The van der Waals surface area contributed by atoms with Crippen molar-refractivity contribution in [3.8, 4) is 11.6 Å². The van der Waals surface area contributed by atoms with E-state index in [9.17, 15) is 4.79 Å². The van der Waals surface area contributed by atoms with Crippen molar-refractivity contribution in [3.63, 3.8) is 0 Å². The highest BCUT2D eigenvalue weighted by atomic mass is 35.5. The average molecular weight is 499 g/mol. The molecule has 11 nitrogen and oxygen atoms in total. The van der Waals surface area contributed by atoms with Crippen LogP contribution in [0.25, 0.3) is 5.82 Å². The van der Waals surface area contributed by atoms with Crippen molar-refractivity contribution in [1.29, 1.82) is 0 Å². The number of rotatable bonds is 9. The van der Waals surface area contributed by atoms with Gasteiger partial charge in [0.05, 0.1) is 11.4 Å². The number of nitrogen functional groups attached to an aromatic ring is 1. The number of hydrogen-bond donors (Lipinski definition) is 2. The largest absolute Gasteiger partial charge is 0.488 e. The Morgan fingerprint density at radius 2 is 1.97 bits per heavy atom. The van der Waals surface area contributed by atoms with Gasteiger partial charge in [-0.15, -0.1) is 16.9 Å². The lowest BCUT2D eigenvalue weighted by Crippen LogP contribution is -2.23. The SMILES string of the molecule is CC(COc1ccccc1)=NNC(=O)c1nnn(-c2nonc2N)c1CSc1ccc(Cl)cc1. The van der Waals surface area contributed by atoms with Crippen LogP contribution in [0, 0.1) is 0 Å². The molecule has 0 saturated heterocycles. The maximum atomic E-state index is 12.9. The number of nitrogens with one attached hydrogen (secondary N) is 1. The van der Waals surface area contributed by atoms with Gasteiger partial charge in [-0.25, -0.2) is 10.1 Å². The summed E-state index contributed by atoms with van der Waals surface area (Å²) >= 11 is 7.41. The number of nitrogens with two attached hydrogens (primary N) is 1.